The van der Waals surface area contributed by atoms with Crippen molar-refractivity contribution in [3.63, 3.8) is 0 Å². The molecule has 2 unspecified atom stereocenters. The van der Waals surface area contributed by atoms with E-state index in [0.29, 0.717) is 35.7 Å². The predicted octanol–water partition coefficient (Wildman–Crippen LogP) is 3.09. The molecule has 2 atom stereocenters. The van der Waals surface area contributed by atoms with Crippen LogP contribution in [0.5, 0.6) is 5.75 Å². The van der Waals surface area contributed by atoms with Crippen molar-refractivity contribution in [3.8, 4) is 5.75 Å². The predicted molar refractivity (Wildman–Crippen MR) is 104 cm³/mol. The van der Waals surface area contributed by atoms with E-state index in [1.165, 1.54) is 7.11 Å². The van der Waals surface area contributed by atoms with Gasteiger partial charge in [-0.2, -0.15) is 0 Å². The average Bonchev–Trinajstić information content (AvgIpc) is 3.50. The van der Waals surface area contributed by atoms with Crippen molar-refractivity contribution in [1.82, 2.24) is 0 Å². The lowest BCUT2D eigenvalue weighted by Gasteiger charge is -2.11. The highest BCUT2D eigenvalue weighted by Crippen LogP contribution is 2.41. The van der Waals surface area contributed by atoms with Gasteiger partial charge in [-0.15, -0.1) is 0 Å². The number of carbonyl (C=O) groups is 3. The molecule has 0 aromatic heterocycles. The lowest BCUT2D eigenvalue weighted by molar-refractivity contribution is -0.122. The number of benzene rings is 2. The maximum atomic E-state index is 12.5. The average molecular weight is 382 g/mol. The number of esters is 1. The van der Waals surface area contributed by atoms with Crippen LogP contribution >= 0.6 is 0 Å². The summed E-state index contributed by atoms with van der Waals surface area (Å²) in [5.74, 6) is -1.14. The molecular formula is C21H22N2O5. The molecule has 28 heavy (non-hydrogen) atoms. The zero-order chi connectivity index (χ0) is 20.1. The normalized spacial score (nSPS) is 17.4. The van der Waals surface area contributed by atoms with Crippen molar-refractivity contribution < 1.29 is 23.9 Å². The number of nitrogens with one attached hydrogen (secondary N) is 2. The van der Waals surface area contributed by atoms with E-state index in [-0.39, 0.29) is 11.8 Å². The van der Waals surface area contributed by atoms with Crippen LogP contribution in [0.15, 0.2) is 48.5 Å². The molecule has 0 heterocycles. The first-order chi connectivity index (χ1) is 13.5. The van der Waals surface area contributed by atoms with Gasteiger partial charge >= 0.3 is 5.97 Å². The summed E-state index contributed by atoms with van der Waals surface area (Å²) in [5.41, 5.74) is 1.42. The van der Waals surface area contributed by atoms with Crippen LogP contribution in [0.2, 0.25) is 0 Å². The summed E-state index contributed by atoms with van der Waals surface area (Å²) >= 11 is 0. The Morgan fingerprint density at radius 2 is 1.71 bits per heavy atom. The third-order valence-electron chi connectivity index (χ3n) is 4.46. The molecule has 3 rings (SSSR count). The highest BCUT2D eigenvalue weighted by Gasteiger charge is 2.48. The zero-order valence-electron chi connectivity index (χ0n) is 15.7. The topological polar surface area (TPSA) is 93.7 Å². The SMILES string of the molecule is CCOc1ccccc1NC(=O)C1CC1C(=O)Nc1cccc(C(=O)OC)c1. The van der Waals surface area contributed by atoms with Crippen molar-refractivity contribution in [2.45, 2.75) is 13.3 Å². The quantitative estimate of drug-likeness (QED) is 0.718. The molecule has 1 fully saturated rings. The number of ether oxygens (including phenoxy) is 2. The molecule has 0 spiro atoms. The maximum absolute atomic E-state index is 12.5. The van der Waals surface area contributed by atoms with Gasteiger partial charge in [-0.3, -0.25) is 9.59 Å². The highest BCUT2D eigenvalue weighted by molar-refractivity contribution is 6.04. The van der Waals surface area contributed by atoms with Gasteiger partial charge in [0.2, 0.25) is 11.8 Å². The smallest absolute Gasteiger partial charge is 0.337 e. The lowest BCUT2D eigenvalue weighted by Crippen LogP contribution is -2.21. The number of amides is 2. The van der Waals surface area contributed by atoms with Crippen LogP contribution in [0.25, 0.3) is 0 Å². The van der Waals surface area contributed by atoms with Gasteiger partial charge < -0.3 is 20.1 Å². The molecule has 2 N–H and O–H groups in total. The van der Waals surface area contributed by atoms with Gasteiger partial charge in [-0.05, 0) is 43.7 Å². The molecule has 0 aliphatic heterocycles. The second-order valence-electron chi connectivity index (χ2n) is 6.43. The Labute approximate surface area is 163 Å². The van der Waals surface area contributed by atoms with Crippen LogP contribution in [0, 0.1) is 11.8 Å². The van der Waals surface area contributed by atoms with E-state index in [1.54, 1.807) is 36.4 Å². The zero-order valence-corrected chi connectivity index (χ0v) is 15.7. The van der Waals surface area contributed by atoms with E-state index in [4.69, 9.17) is 4.74 Å². The van der Waals surface area contributed by atoms with Gasteiger partial charge in [0.1, 0.15) is 5.75 Å². The Morgan fingerprint density at radius 3 is 2.43 bits per heavy atom. The van der Waals surface area contributed by atoms with Crippen molar-refractivity contribution >= 4 is 29.2 Å². The van der Waals surface area contributed by atoms with Crippen LogP contribution in [-0.2, 0) is 14.3 Å². The number of hydrogen-bond donors (Lipinski definition) is 2. The standard InChI is InChI=1S/C21H22N2O5/c1-3-28-18-10-5-4-9-17(18)23-20(25)16-12-15(16)19(24)22-14-8-6-7-13(11-14)21(26)27-2/h4-11,15-16H,3,12H2,1-2H3,(H,22,24)(H,23,25). The minimum absolute atomic E-state index is 0.212. The second-order valence-corrected chi connectivity index (χ2v) is 6.43. The molecule has 1 saturated carbocycles. The summed E-state index contributed by atoms with van der Waals surface area (Å²) in [5, 5.41) is 5.58. The van der Waals surface area contributed by atoms with Crippen molar-refractivity contribution in [2.24, 2.45) is 11.8 Å². The van der Waals surface area contributed by atoms with E-state index in [0.717, 1.165) is 0 Å². The molecule has 7 nitrogen and oxygen atoms in total. The van der Waals surface area contributed by atoms with Gasteiger partial charge in [0, 0.05) is 5.69 Å². The molecule has 0 radical (unpaired) electrons. The first kappa shape index (κ1) is 19.4. The van der Waals surface area contributed by atoms with E-state index in [2.05, 4.69) is 15.4 Å². The summed E-state index contributed by atoms with van der Waals surface area (Å²) in [6.45, 7) is 2.36. The summed E-state index contributed by atoms with van der Waals surface area (Å²) in [6, 6.07) is 13.7. The Bertz CT molecular complexity index is 896. The molecule has 2 amide bonds. The highest BCUT2D eigenvalue weighted by atomic mass is 16.5. The van der Waals surface area contributed by atoms with E-state index >= 15 is 0 Å². The van der Waals surface area contributed by atoms with E-state index in [9.17, 15) is 14.4 Å². The number of carbonyl (C=O) groups excluding carboxylic acids is 3. The molecule has 7 heteroatoms. The fourth-order valence-electron chi connectivity index (χ4n) is 2.93. The summed E-state index contributed by atoms with van der Waals surface area (Å²) in [4.78, 5) is 36.5. The maximum Gasteiger partial charge on any atom is 0.337 e. The summed E-state index contributed by atoms with van der Waals surface area (Å²) in [6.07, 6.45) is 0.477. The Kier molecular flexibility index (Phi) is 5.93. The monoisotopic (exact) mass is 382 g/mol. The van der Waals surface area contributed by atoms with Crippen LogP contribution < -0.4 is 15.4 Å². The van der Waals surface area contributed by atoms with Gasteiger partial charge in [-0.25, -0.2) is 4.79 Å². The molecule has 2 aromatic rings. The number of rotatable bonds is 7. The van der Waals surface area contributed by atoms with Crippen LogP contribution in [0.4, 0.5) is 11.4 Å². The first-order valence-corrected chi connectivity index (χ1v) is 9.05. The van der Waals surface area contributed by atoms with Crippen molar-refractivity contribution in [1.29, 1.82) is 0 Å². The Balaban J connectivity index is 1.58. The van der Waals surface area contributed by atoms with Crippen molar-refractivity contribution in [2.75, 3.05) is 24.4 Å². The number of anilines is 2. The molecule has 146 valence electrons. The van der Waals surface area contributed by atoms with E-state index in [1.807, 2.05) is 19.1 Å². The molecule has 1 aliphatic rings. The van der Waals surface area contributed by atoms with Gasteiger partial charge in [0.15, 0.2) is 0 Å². The molecule has 0 saturated heterocycles. The van der Waals surface area contributed by atoms with Crippen LogP contribution in [-0.4, -0.2) is 31.5 Å². The van der Waals surface area contributed by atoms with Gasteiger partial charge in [0.05, 0.1) is 36.8 Å². The molecular weight excluding hydrogens is 360 g/mol. The summed E-state index contributed by atoms with van der Waals surface area (Å²) in [7, 11) is 1.30. The number of para-hydroxylation sites is 2. The van der Waals surface area contributed by atoms with Gasteiger partial charge in [-0.1, -0.05) is 18.2 Å². The lowest BCUT2D eigenvalue weighted by atomic mass is 10.2. The fraction of sp³-hybridized carbons (Fsp3) is 0.286. The third-order valence-corrected chi connectivity index (χ3v) is 4.46. The minimum atomic E-state index is -0.479. The third kappa shape index (κ3) is 4.49. The first-order valence-electron chi connectivity index (χ1n) is 9.05. The van der Waals surface area contributed by atoms with Crippen LogP contribution in [0.3, 0.4) is 0 Å². The number of hydrogen-bond acceptors (Lipinski definition) is 5. The summed E-state index contributed by atoms with van der Waals surface area (Å²) < 4.78 is 10.2. The minimum Gasteiger partial charge on any atom is -0.492 e. The fourth-order valence-corrected chi connectivity index (χ4v) is 2.93. The molecule has 2 aromatic carbocycles. The Hall–Kier alpha value is -3.35. The second kappa shape index (κ2) is 8.56. The molecule has 0 bridgehead atoms. The number of methoxy groups -OCH3 is 1. The van der Waals surface area contributed by atoms with E-state index < -0.39 is 17.8 Å². The van der Waals surface area contributed by atoms with Crippen LogP contribution in [0.1, 0.15) is 23.7 Å². The largest absolute Gasteiger partial charge is 0.492 e. The Morgan fingerprint density at radius 1 is 1.00 bits per heavy atom. The molecule has 1 aliphatic carbocycles. The van der Waals surface area contributed by atoms with Crippen molar-refractivity contribution in [3.05, 3.63) is 54.1 Å². The van der Waals surface area contributed by atoms with Gasteiger partial charge in [0.25, 0.3) is 0 Å².